The number of likely N-dealkylation sites (N-methyl/N-ethyl adjacent to an activating group) is 1. The third-order valence-corrected chi connectivity index (χ3v) is 4.42. The lowest BCUT2D eigenvalue weighted by Gasteiger charge is -2.38. The number of hydrogen-bond donors (Lipinski definition) is 1. The van der Waals surface area contributed by atoms with Crippen molar-refractivity contribution < 1.29 is 4.74 Å². The second-order valence-electron chi connectivity index (χ2n) is 4.69. The molecule has 3 nitrogen and oxygen atoms in total. The minimum Gasteiger partial charge on any atom is -0.385 e. The lowest BCUT2D eigenvalue weighted by atomic mass is 9.96. The van der Waals surface area contributed by atoms with Crippen molar-refractivity contribution in [3.63, 3.8) is 0 Å². The van der Waals surface area contributed by atoms with Crippen LogP contribution in [0.3, 0.4) is 0 Å². The molecule has 98 valence electrons. The van der Waals surface area contributed by atoms with Crippen LogP contribution in [-0.2, 0) is 11.2 Å². The molecule has 17 heavy (non-hydrogen) atoms. The van der Waals surface area contributed by atoms with Gasteiger partial charge in [0.15, 0.2) is 0 Å². The standard InChI is InChI=1S/C13H24N2OS/c1-13(11-14,7-9-16-3)15(2)8-6-12-5-4-10-17-12/h4-5,10H,6-9,11,14H2,1-3H3. The molecule has 0 spiro atoms. The zero-order chi connectivity index (χ0) is 12.7. The predicted molar refractivity (Wildman–Crippen MR) is 74.6 cm³/mol. The van der Waals surface area contributed by atoms with E-state index in [0.29, 0.717) is 6.54 Å². The first-order valence-corrected chi connectivity index (χ1v) is 6.93. The van der Waals surface area contributed by atoms with E-state index in [0.717, 1.165) is 26.0 Å². The molecular formula is C13H24N2OS. The third-order valence-electron chi connectivity index (χ3n) is 3.48. The molecule has 1 aromatic rings. The Bertz CT molecular complexity index is 302. The van der Waals surface area contributed by atoms with Gasteiger partial charge in [0.05, 0.1) is 0 Å². The van der Waals surface area contributed by atoms with Gasteiger partial charge in [-0.05, 0) is 38.3 Å². The molecule has 2 N–H and O–H groups in total. The van der Waals surface area contributed by atoms with Gasteiger partial charge in [0.2, 0.25) is 0 Å². The summed E-state index contributed by atoms with van der Waals surface area (Å²) >= 11 is 1.82. The lowest BCUT2D eigenvalue weighted by Crippen LogP contribution is -2.51. The van der Waals surface area contributed by atoms with Crippen molar-refractivity contribution >= 4 is 11.3 Å². The number of nitrogens with two attached hydrogens (primary N) is 1. The smallest absolute Gasteiger partial charge is 0.0480 e. The van der Waals surface area contributed by atoms with E-state index in [2.05, 4.69) is 36.4 Å². The minimum atomic E-state index is 0.0350. The second-order valence-corrected chi connectivity index (χ2v) is 5.73. The van der Waals surface area contributed by atoms with Crippen LogP contribution in [0.2, 0.25) is 0 Å². The van der Waals surface area contributed by atoms with Gasteiger partial charge in [-0.25, -0.2) is 0 Å². The normalized spacial score (nSPS) is 15.1. The van der Waals surface area contributed by atoms with Crippen LogP contribution in [-0.4, -0.2) is 44.3 Å². The molecule has 0 radical (unpaired) electrons. The number of hydrogen-bond acceptors (Lipinski definition) is 4. The van der Waals surface area contributed by atoms with Gasteiger partial charge >= 0.3 is 0 Å². The Labute approximate surface area is 109 Å². The van der Waals surface area contributed by atoms with E-state index in [4.69, 9.17) is 10.5 Å². The van der Waals surface area contributed by atoms with Gasteiger partial charge in [-0.15, -0.1) is 11.3 Å². The largest absolute Gasteiger partial charge is 0.385 e. The van der Waals surface area contributed by atoms with E-state index in [1.807, 2.05) is 11.3 Å². The van der Waals surface area contributed by atoms with Crippen LogP contribution in [0.4, 0.5) is 0 Å². The summed E-state index contributed by atoms with van der Waals surface area (Å²) in [7, 11) is 3.89. The third kappa shape index (κ3) is 4.39. The molecule has 0 saturated carbocycles. The van der Waals surface area contributed by atoms with Crippen LogP contribution in [0, 0.1) is 0 Å². The molecule has 0 aliphatic rings. The molecule has 0 saturated heterocycles. The molecule has 1 heterocycles. The van der Waals surface area contributed by atoms with Crippen LogP contribution in [0.1, 0.15) is 18.2 Å². The first-order chi connectivity index (χ1) is 8.12. The maximum atomic E-state index is 5.90. The average molecular weight is 256 g/mol. The maximum Gasteiger partial charge on any atom is 0.0480 e. The summed E-state index contributed by atoms with van der Waals surface area (Å²) in [5, 5.41) is 2.13. The van der Waals surface area contributed by atoms with Gasteiger partial charge < -0.3 is 10.5 Å². The van der Waals surface area contributed by atoms with Crippen molar-refractivity contribution in [2.24, 2.45) is 5.73 Å². The van der Waals surface area contributed by atoms with Crippen LogP contribution >= 0.6 is 11.3 Å². The Hall–Kier alpha value is -0.420. The lowest BCUT2D eigenvalue weighted by molar-refractivity contribution is 0.0901. The highest BCUT2D eigenvalue weighted by Gasteiger charge is 2.26. The van der Waals surface area contributed by atoms with Crippen LogP contribution in [0.25, 0.3) is 0 Å². The highest BCUT2D eigenvalue weighted by molar-refractivity contribution is 7.09. The summed E-state index contributed by atoms with van der Waals surface area (Å²) in [6, 6.07) is 4.29. The quantitative estimate of drug-likeness (QED) is 0.773. The van der Waals surface area contributed by atoms with Crippen LogP contribution in [0.15, 0.2) is 17.5 Å². The maximum absolute atomic E-state index is 5.90. The van der Waals surface area contributed by atoms with Crippen molar-refractivity contribution in [2.75, 3.05) is 33.9 Å². The van der Waals surface area contributed by atoms with Crippen molar-refractivity contribution in [3.05, 3.63) is 22.4 Å². The summed E-state index contributed by atoms with van der Waals surface area (Å²) in [6.07, 6.45) is 2.07. The topological polar surface area (TPSA) is 38.5 Å². The fraction of sp³-hybridized carbons (Fsp3) is 0.692. The van der Waals surface area contributed by atoms with Gasteiger partial charge in [0, 0.05) is 37.2 Å². The molecule has 1 atom stereocenters. The minimum absolute atomic E-state index is 0.0350. The van der Waals surface area contributed by atoms with E-state index in [9.17, 15) is 0 Å². The first-order valence-electron chi connectivity index (χ1n) is 6.05. The monoisotopic (exact) mass is 256 g/mol. The fourth-order valence-electron chi connectivity index (χ4n) is 1.77. The van der Waals surface area contributed by atoms with Gasteiger partial charge in [-0.1, -0.05) is 6.07 Å². The number of methoxy groups -OCH3 is 1. The summed E-state index contributed by atoms with van der Waals surface area (Å²) < 4.78 is 5.16. The van der Waals surface area contributed by atoms with Crippen LogP contribution < -0.4 is 5.73 Å². The molecule has 1 unspecified atom stereocenters. The van der Waals surface area contributed by atoms with E-state index in [1.165, 1.54) is 4.88 Å². The zero-order valence-corrected chi connectivity index (χ0v) is 11.9. The van der Waals surface area contributed by atoms with Crippen molar-refractivity contribution in [2.45, 2.75) is 25.3 Å². The summed E-state index contributed by atoms with van der Waals surface area (Å²) in [5.74, 6) is 0. The molecule has 0 bridgehead atoms. The molecule has 0 fully saturated rings. The Balaban J connectivity index is 2.45. The number of ether oxygens (including phenoxy) is 1. The Morgan fingerprint density at radius 3 is 2.82 bits per heavy atom. The van der Waals surface area contributed by atoms with E-state index >= 15 is 0 Å². The van der Waals surface area contributed by atoms with Crippen molar-refractivity contribution in [1.29, 1.82) is 0 Å². The van der Waals surface area contributed by atoms with Gasteiger partial charge in [-0.3, -0.25) is 4.90 Å². The first kappa shape index (κ1) is 14.6. The Morgan fingerprint density at radius 2 is 2.29 bits per heavy atom. The SMILES string of the molecule is COCCC(C)(CN)N(C)CCc1cccs1. The molecule has 0 amide bonds. The predicted octanol–water partition coefficient (Wildman–Crippen LogP) is 1.98. The van der Waals surface area contributed by atoms with Crippen molar-refractivity contribution in [1.82, 2.24) is 4.90 Å². The highest BCUT2D eigenvalue weighted by atomic mass is 32.1. The van der Waals surface area contributed by atoms with Gasteiger partial charge in [-0.2, -0.15) is 0 Å². The molecule has 0 aliphatic carbocycles. The van der Waals surface area contributed by atoms with Gasteiger partial charge in [0.25, 0.3) is 0 Å². The Morgan fingerprint density at radius 1 is 1.53 bits per heavy atom. The van der Waals surface area contributed by atoms with E-state index in [1.54, 1.807) is 7.11 Å². The van der Waals surface area contributed by atoms with Crippen molar-refractivity contribution in [3.8, 4) is 0 Å². The summed E-state index contributed by atoms with van der Waals surface area (Å²) in [5.41, 5.74) is 5.94. The molecule has 0 aromatic carbocycles. The van der Waals surface area contributed by atoms with E-state index in [-0.39, 0.29) is 5.54 Å². The van der Waals surface area contributed by atoms with E-state index < -0.39 is 0 Å². The summed E-state index contributed by atoms with van der Waals surface area (Å²) in [4.78, 5) is 3.79. The molecule has 1 rings (SSSR count). The fourth-order valence-corrected chi connectivity index (χ4v) is 2.47. The summed E-state index contributed by atoms with van der Waals surface area (Å²) in [6.45, 7) is 4.67. The van der Waals surface area contributed by atoms with Crippen LogP contribution in [0.5, 0.6) is 0 Å². The molecule has 0 aliphatic heterocycles. The second kappa shape index (κ2) is 7.11. The highest BCUT2D eigenvalue weighted by Crippen LogP contribution is 2.18. The molecular weight excluding hydrogens is 232 g/mol. The molecule has 4 heteroatoms. The number of nitrogens with zero attached hydrogens (tertiary/aromatic N) is 1. The number of rotatable bonds is 8. The number of thiophene rings is 1. The van der Waals surface area contributed by atoms with Gasteiger partial charge in [0.1, 0.15) is 0 Å². The molecule has 1 aromatic heterocycles. The Kier molecular flexibility index (Phi) is 6.12. The zero-order valence-electron chi connectivity index (χ0n) is 11.1. The average Bonchev–Trinajstić information content (AvgIpc) is 2.86.